The number of unbranched alkanes of at least 4 members (excludes halogenated alkanes) is 2. The molecule has 24 nitrogen and oxygen atoms in total. The minimum Gasteiger partial charge on any atom is -0.508 e. The van der Waals surface area contributed by atoms with Gasteiger partial charge in [-0.25, -0.2) is 0 Å². The van der Waals surface area contributed by atoms with E-state index >= 15 is 0 Å². The van der Waals surface area contributed by atoms with E-state index in [1.807, 2.05) is 31.2 Å². The Labute approximate surface area is 491 Å². The van der Waals surface area contributed by atoms with Gasteiger partial charge in [0.25, 0.3) is 0 Å². The average molecular weight is 1170 g/mol. The number of nitrogens with one attached hydrogen (secondary N) is 8. The number of likely N-dealkylation sites (N-methyl/N-ethyl adjacent to an activating group) is 1. The maximum Gasteiger partial charge on any atom is 0.243 e. The van der Waals surface area contributed by atoms with Crippen LogP contribution in [-0.2, 0) is 62.4 Å². The maximum absolute atomic E-state index is 14.7. The van der Waals surface area contributed by atoms with Crippen molar-refractivity contribution in [1.82, 2.24) is 47.1 Å². The summed E-state index contributed by atoms with van der Waals surface area (Å²) in [5, 5.41) is 30.4. The van der Waals surface area contributed by atoms with Gasteiger partial charge in [0.2, 0.25) is 53.2 Å². The number of phenols is 1. The van der Waals surface area contributed by atoms with Crippen molar-refractivity contribution < 1.29 is 48.3 Å². The van der Waals surface area contributed by atoms with Gasteiger partial charge in [0.15, 0.2) is 5.96 Å². The summed E-state index contributed by atoms with van der Waals surface area (Å²) in [5.74, 6) is -7.55. The normalized spacial score (nSPS) is 14.1. The van der Waals surface area contributed by atoms with Crippen molar-refractivity contribution >= 4 is 70.0 Å². The summed E-state index contributed by atoms with van der Waals surface area (Å²) in [6.45, 7) is 10.5. The zero-order valence-electron chi connectivity index (χ0n) is 49.4. The number of aromatic nitrogens is 1. The van der Waals surface area contributed by atoms with Crippen LogP contribution in [0.4, 0.5) is 0 Å². The fraction of sp³-hybridized carbons (Fsp3) is 0.500. The molecule has 0 aliphatic carbocycles. The number of aromatic hydroxyl groups is 1. The molecular weight excluding hydrogens is 1080 g/mol. The SMILES string of the molecule is CCCC[C@H](NC(=O)[C@@H](NC(=O)[C@@H](NC(=O)[C@H](Cc1ccc(O)cc1)NC(=O)[C@H](Cc1ccccc1)NC(=O)[C@H](CCCN=C(N)N)N(C)C(C)=O)C(C)C)C(C)C)C(=O)N[C@@H](Cc1c[nH]c2ccccc12)C(=O)N[C@@H](CCCCN)C(N)=O. The summed E-state index contributed by atoms with van der Waals surface area (Å²) in [7, 11) is 1.46. The highest BCUT2D eigenvalue weighted by molar-refractivity contribution is 5.98. The van der Waals surface area contributed by atoms with Crippen LogP contribution in [0.15, 0.2) is 90.1 Å². The lowest BCUT2D eigenvalue weighted by atomic mass is 9.97. The minimum absolute atomic E-state index is 0.00567. The van der Waals surface area contributed by atoms with E-state index in [0.29, 0.717) is 55.3 Å². The van der Waals surface area contributed by atoms with E-state index in [0.717, 1.165) is 10.9 Å². The molecule has 1 heterocycles. The highest BCUT2D eigenvalue weighted by atomic mass is 16.3. The molecule has 0 saturated heterocycles. The van der Waals surface area contributed by atoms with Crippen molar-refractivity contribution in [3.8, 4) is 5.75 Å². The van der Waals surface area contributed by atoms with Crippen LogP contribution in [0.5, 0.6) is 5.75 Å². The molecule has 24 heteroatoms. The molecule has 0 bridgehead atoms. The van der Waals surface area contributed by atoms with Gasteiger partial charge in [-0.15, -0.1) is 0 Å². The monoisotopic (exact) mass is 1160 g/mol. The summed E-state index contributed by atoms with van der Waals surface area (Å²) in [4.78, 5) is 134. The smallest absolute Gasteiger partial charge is 0.243 e. The van der Waals surface area contributed by atoms with Crippen LogP contribution in [0, 0.1) is 11.8 Å². The van der Waals surface area contributed by atoms with E-state index in [1.165, 1.54) is 31.0 Å². The number of primary amides is 1. The number of nitrogens with two attached hydrogens (primary N) is 4. The third-order valence-electron chi connectivity index (χ3n) is 14.4. The Morgan fingerprint density at radius 1 is 0.560 bits per heavy atom. The fourth-order valence-corrected chi connectivity index (χ4v) is 9.45. The van der Waals surface area contributed by atoms with Gasteiger partial charge in [0.05, 0.1) is 0 Å². The Hall–Kier alpha value is -8.54. The second-order valence-corrected chi connectivity index (χ2v) is 21.8. The van der Waals surface area contributed by atoms with Crippen molar-refractivity contribution in [1.29, 1.82) is 0 Å². The molecule has 1 aromatic heterocycles. The first kappa shape index (κ1) is 68.0. The Morgan fingerprint density at radius 2 is 1.05 bits per heavy atom. The van der Waals surface area contributed by atoms with E-state index in [1.54, 1.807) is 76.4 Å². The number of carbonyl (C=O) groups is 9. The summed E-state index contributed by atoms with van der Waals surface area (Å²) in [6, 6.07) is 12.5. The molecule has 4 aromatic rings. The predicted molar refractivity (Wildman–Crippen MR) is 321 cm³/mol. The number of carbonyl (C=O) groups excluding carboxylic acids is 9. The van der Waals surface area contributed by atoms with Gasteiger partial charge >= 0.3 is 0 Å². The van der Waals surface area contributed by atoms with Crippen molar-refractivity contribution in [2.24, 2.45) is 39.8 Å². The van der Waals surface area contributed by atoms with Gasteiger partial charge in [-0.2, -0.15) is 0 Å². The minimum atomic E-state index is -1.39. The summed E-state index contributed by atoms with van der Waals surface area (Å²) in [6.07, 6.45) is 4.65. The quantitative estimate of drug-likeness (QED) is 0.0176. The van der Waals surface area contributed by atoms with Crippen LogP contribution < -0.4 is 60.2 Å². The van der Waals surface area contributed by atoms with Crippen LogP contribution in [0.3, 0.4) is 0 Å². The number of para-hydroxylation sites is 1. The first-order chi connectivity index (χ1) is 39.9. The molecule has 84 heavy (non-hydrogen) atoms. The van der Waals surface area contributed by atoms with Crippen molar-refractivity contribution in [2.45, 2.75) is 161 Å². The number of benzene rings is 3. The van der Waals surface area contributed by atoms with Gasteiger partial charge < -0.3 is 75.1 Å². The van der Waals surface area contributed by atoms with Crippen LogP contribution in [0.1, 0.15) is 110 Å². The molecule has 0 radical (unpaired) electrons. The van der Waals surface area contributed by atoms with E-state index < -0.39 is 113 Å². The molecule has 8 atom stereocenters. The number of aliphatic imine (C=N–C) groups is 1. The number of H-pyrrole nitrogens is 1. The van der Waals surface area contributed by atoms with Gasteiger partial charge in [-0.3, -0.25) is 48.1 Å². The lowest BCUT2D eigenvalue weighted by molar-refractivity contribution is -0.139. The Morgan fingerprint density at radius 3 is 1.61 bits per heavy atom. The second kappa shape index (κ2) is 34.2. The van der Waals surface area contributed by atoms with Crippen LogP contribution in [0.2, 0.25) is 0 Å². The van der Waals surface area contributed by atoms with Crippen molar-refractivity contribution in [2.75, 3.05) is 20.1 Å². The third kappa shape index (κ3) is 21.7. The highest BCUT2D eigenvalue weighted by Gasteiger charge is 2.37. The number of fused-ring (bicyclic) bond motifs is 1. The molecule has 3 aromatic carbocycles. The third-order valence-corrected chi connectivity index (χ3v) is 14.4. The number of phenolic OH excluding ortho intramolecular Hbond substituents is 1. The van der Waals surface area contributed by atoms with Crippen molar-refractivity contribution in [3.63, 3.8) is 0 Å². The standard InChI is InChI=1S/C60H88N14O10/c1-8-9-21-45(53(78)70-48(33-40-34-66-43-22-14-13-20-42(40)43)55(80)67-44(52(62)77)23-15-16-29-61)68-58(83)50(35(2)3)73-59(84)51(36(4)5)72-56(81)47(32-39-25-27-41(76)28-26-39)69-54(79)46(31-38-18-11-10-12-19-38)71-57(82)49(74(7)37(6)75)24-17-30-65-60(63)64/h10-14,18-20,22,25-28,34-36,44-51,66,76H,8-9,15-17,21,23-24,29-33,61H2,1-7H3,(H2,62,77)(H,67,80)(H,68,83)(H,69,79)(H,70,78)(H,71,82)(H,72,81)(H,73,84)(H4,63,64,65)/t44-,45-,46-,47-,48-,49-,50-,51-/m0/s1. The van der Waals surface area contributed by atoms with Gasteiger partial charge in [0, 0.05) is 56.9 Å². The number of amides is 9. The van der Waals surface area contributed by atoms with E-state index in [4.69, 9.17) is 22.9 Å². The predicted octanol–water partition coefficient (Wildman–Crippen LogP) is 1.31. The zero-order chi connectivity index (χ0) is 62.0. The zero-order valence-corrected chi connectivity index (χ0v) is 49.4. The Kier molecular flexibility index (Phi) is 27.6. The summed E-state index contributed by atoms with van der Waals surface area (Å²) >= 11 is 0. The second-order valence-electron chi connectivity index (χ2n) is 21.8. The molecule has 0 unspecified atom stereocenters. The Balaban J connectivity index is 1.61. The highest BCUT2D eigenvalue weighted by Crippen LogP contribution is 2.21. The van der Waals surface area contributed by atoms with E-state index in [2.05, 4.69) is 47.2 Å². The Bertz CT molecular complexity index is 2860. The molecule has 17 N–H and O–H groups in total. The number of hydrogen-bond donors (Lipinski definition) is 13. The van der Waals surface area contributed by atoms with Gasteiger partial charge in [0.1, 0.15) is 54.1 Å². The van der Waals surface area contributed by atoms with Gasteiger partial charge in [-0.05, 0) is 91.8 Å². The summed E-state index contributed by atoms with van der Waals surface area (Å²) in [5.41, 5.74) is 25.1. The molecule has 0 saturated carbocycles. The van der Waals surface area contributed by atoms with E-state index in [9.17, 15) is 48.3 Å². The maximum atomic E-state index is 14.7. The van der Waals surface area contributed by atoms with Gasteiger partial charge in [-0.1, -0.05) is 108 Å². The molecule has 0 aliphatic rings. The molecule has 0 spiro atoms. The lowest BCUT2D eigenvalue weighted by Gasteiger charge is -2.31. The average Bonchev–Trinajstić information content (AvgIpc) is 4.01. The molecule has 0 fully saturated rings. The topological polar surface area (TPSA) is 394 Å². The molecular formula is C60H88N14O10. The van der Waals surface area contributed by atoms with Crippen LogP contribution >= 0.6 is 0 Å². The first-order valence-electron chi connectivity index (χ1n) is 28.7. The van der Waals surface area contributed by atoms with E-state index in [-0.39, 0.29) is 56.8 Å². The largest absolute Gasteiger partial charge is 0.508 e. The molecule has 458 valence electrons. The molecule has 9 amide bonds. The first-order valence-corrected chi connectivity index (χ1v) is 28.7. The number of guanidine groups is 1. The number of hydrogen-bond acceptors (Lipinski definition) is 12. The summed E-state index contributed by atoms with van der Waals surface area (Å²) < 4.78 is 0. The molecule has 4 rings (SSSR count). The number of nitrogens with zero attached hydrogens (tertiary/aromatic N) is 2. The molecule has 0 aliphatic heterocycles. The van der Waals surface area contributed by atoms with Crippen LogP contribution in [-0.4, -0.2) is 143 Å². The van der Waals surface area contributed by atoms with Crippen molar-refractivity contribution in [3.05, 3.63) is 102 Å². The van der Waals surface area contributed by atoms with Crippen LogP contribution in [0.25, 0.3) is 10.9 Å². The fourth-order valence-electron chi connectivity index (χ4n) is 9.45. The number of aromatic amines is 1. The lowest BCUT2D eigenvalue weighted by Crippen LogP contribution is -2.62. The number of rotatable bonds is 35.